The third-order valence-electron chi connectivity index (χ3n) is 3.44. The van der Waals surface area contributed by atoms with Gasteiger partial charge in [0.2, 0.25) is 10.1 Å². The number of ether oxygens (including phenoxy) is 1. The Morgan fingerprint density at radius 3 is 2.59 bits per heavy atom. The summed E-state index contributed by atoms with van der Waals surface area (Å²) < 4.78 is 42.7. The van der Waals surface area contributed by atoms with Crippen LogP contribution in [0.2, 0.25) is 0 Å². The first-order chi connectivity index (χ1) is 10.3. The Bertz CT molecular complexity index is 523. The molecule has 0 saturated carbocycles. The smallest absolute Gasteiger partial charge is 0.372 e. The van der Waals surface area contributed by atoms with Crippen molar-refractivity contribution < 1.29 is 22.7 Å². The third-order valence-corrected chi connectivity index (χ3v) is 4.47. The van der Waals surface area contributed by atoms with E-state index in [1.54, 1.807) is 16.7 Å². The lowest BCUT2D eigenvalue weighted by Gasteiger charge is -2.23. The highest BCUT2D eigenvalue weighted by atomic mass is 32.1. The first-order valence-electron chi connectivity index (χ1n) is 6.80. The summed E-state index contributed by atoms with van der Waals surface area (Å²) in [6.07, 6.45) is -4.34. The summed E-state index contributed by atoms with van der Waals surface area (Å²) in [5.74, 6) is -0.113. The number of nitrogens with zero attached hydrogens (tertiary/aromatic N) is 4. The standard InChI is InChI=1S/C12H17F3N4O2S/c1-8(21-2)9(20)18-4-3-5-19(7-6-18)11-17-16-10(22-11)12(13,14)15/h8H,3-7H2,1-2H3/t8-/m1/s1. The molecule has 1 aromatic heterocycles. The van der Waals surface area contributed by atoms with Gasteiger partial charge in [0, 0.05) is 33.3 Å². The Labute approximate surface area is 129 Å². The van der Waals surface area contributed by atoms with Crippen LogP contribution in [-0.4, -0.2) is 60.4 Å². The van der Waals surface area contributed by atoms with Crippen molar-refractivity contribution in [3.63, 3.8) is 0 Å². The lowest BCUT2D eigenvalue weighted by Crippen LogP contribution is -2.41. The molecule has 0 aromatic carbocycles. The van der Waals surface area contributed by atoms with Gasteiger partial charge in [-0.15, -0.1) is 10.2 Å². The van der Waals surface area contributed by atoms with Gasteiger partial charge >= 0.3 is 6.18 Å². The van der Waals surface area contributed by atoms with Crippen LogP contribution in [0.4, 0.5) is 18.3 Å². The van der Waals surface area contributed by atoms with Crippen molar-refractivity contribution in [1.29, 1.82) is 0 Å². The fraction of sp³-hybridized carbons (Fsp3) is 0.750. The summed E-state index contributed by atoms with van der Waals surface area (Å²) >= 11 is 0.527. The molecule has 1 atom stereocenters. The highest BCUT2D eigenvalue weighted by Crippen LogP contribution is 2.34. The van der Waals surface area contributed by atoms with E-state index in [1.807, 2.05) is 0 Å². The molecule has 0 unspecified atom stereocenters. The zero-order chi connectivity index (χ0) is 16.3. The number of carbonyl (C=O) groups is 1. The van der Waals surface area contributed by atoms with Crippen molar-refractivity contribution in [3.8, 4) is 0 Å². The van der Waals surface area contributed by atoms with E-state index in [4.69, 9.17) is 4.74 Å². The third kappa shape index (κ3) is 3.86. The van der Waals surface area contributed by atoms with Crippen LogP contribution < -0.4 is 4.90 Å². The topological polar surface area (TPSA) is 58.6 Å². The number of carbonyl (C=O) groups excluding carboxylic acids is 1. The second-order valence-corrected chi connectivity index (χ2v) is 5.89. The summed E-state index contributed by atoms with van der Waals surface area (Å²) in [5.41, 5.74) is 0. The van der Waals surface area contributed by atoms with Gasteiger partial charge in [-0.05, 0) is 13.3 Å². The summed E-state index contributed by atoms with van der Waals surface area (Å²) in [7, 11) is 1.46. The van der Waals surface area contributed by atoms with Gasteiger partial charge in [-0.3, -0.25) is 4.79 Å². The van der Waals surface area contributed by atoms with Crippen LogP contribution >= 0.6 is 11.3 Å². The highest BCUT2D eigenvalue weighted by Gasteiger charge is 2.36. The number of halogens is 3. The van der Waals surface area contributed by atoms with E-state index in [0.29, 0.717) is 43.9 Å². The van der Waals surface area contributed by atoms with E-state index < -0.39 is 17.3 Å². The zero-order valence-electron chi connectivity index (χ0n) is 12.3. The van der Waals surface area contributed by atoms with Crippen LogP contribution in [0.25, 0.3) is 0 Å². The van der Waals surface area contributed by atoms with Crippen LogP contribution in [0.15, 0.2) is 0 Å². The average molecular weight is 338 g/mol. The molecule has 1 aliphatic heterocycles. The number of amides is 1. The van der Waals surface area contributed by atoms with E-state index in [2.05, 4.69) is 10.2 Å². The second-order valence-electron chi connectivity index (χ2n) is 4.93. The van der Waals surface area contributed by atoms with Crippen LogP contribution in [-0.2, 0) is 15.7 Å². The molecule has 2 rings (SSSR count). The molecule has 1 amide bonds. The van der Waals surface area contributed by atoms with Crippen molar-refractivity contribution >= 4 is 22.4 Å². The lowest BCUT2D eigenvalue weighted by molar-refractivity contribution is -0.140. The molecular formula is C12H17F3N4O2S. The molecule has 124 valence electrons. The van der Waals surface area contributed by atoms with Gasteiger partial charge in [0.05, 0.1) is 0 Å². The Morgan fingerprint density at radius 1 is 1.27 bits per heavy atom. The maximum Gasteiger partial charge on any atom is 0.445 e. The van der Waals surface area contributed by atoms with Crippen LogP contribution in [0.5, 0.6) is 0 Å². The quantitative estimate of drug-likeness (QED) is 0.838. The molecular weight excluding hydrogens is 321 g/mol. The first-order valence-corrected chi connectivity index (χ1v) is 7.62. The minimum Gasteiger partial charge on any atom is -0.372 e. The molecule has 0 spiro atoms. The predicted octanol–water partition coefficient (Wildman–Crippen LogP) is 1.63. The van der Waals surface area contributed by atoms with Crippen molar-refractivity contribution in [2.45, 2.75) is 25.6 Å². The maximum absolute atomic E-state index is 12.6. The number of hydrogen-bond donors (Lipinski definition) is 0. The molecule has 22 heavy (non-hydrogen) atoms. The van der Waals surface area contributed by atoms with Crippen LogP contribution in [0, 0.1) is 0 Å². The predicted molar refractivity (Wildman–Crippen MR) is 74.8 cm³/mol. The number of anilines is 1. The Balaban J connectivity index is 2.01. The highest BCUT2D eigenvalue weighted by molar-refractivity contribution is 7.15. The second kappa shape index (κ2) is 6.78. The number of rotatable bonds is 3. The Kier molecular flexibility index (Phi) is 5.22. The van der Waals surface area contributed by atoms with Crippen molar-refractivity contribution in [1.82, 2.24) is 15.1 Å². The minimum absolute atomic E-state index is 0.113. The summed E-state index contributed by atoms with van der Waals surface area (Å²) in [6, 6.07) is 0. The van der Waals surface area contributed by atoms with Crippen molar-refractivity contribution in [2.75, 3.05) is 38.2 Å². The van der Waals surface area contributed by atoms with Crippen molar-refractivity contribution in [2.24, 2.45) is 0 Å². The van der Waals surface area contributed by atoms with Gasteiger partial charge in [-0.1, -0.05) is 11.3 Å². The van der Waals surface area contributed by atoms with Gasteiger partial charge in [0.1, 0.15) is 6.10 Å². The summed E-state index contributed by atoms with van der Waals surface area (Å²) in [6.45, 7) is 3.61. The maximum atomic E-state index is 12.6. The Morgan fingerprint density at radius 2 is 2.00 bits per heavy atom. The van der Waals surface area contributed by atoms with Gasteiger partial charge in [0.25, 0.3) is 5.91 Å². The number of methoxy groups -OCH3 is 1. The van der Waals surface area contributed by atoms with Gasteiger partial charge in [-0.25, -0.2) is 0 Å². The molecule has 0 N–H and O–H groups in total. The number of hydrogen-bond acceptors (Lipinski definition) is 6. The van der Waals surface area contributed by atoms with E-state index in [9.17, 15) is 18.0 Å². The summed E-state index contributed by atoms with van der Waals surface area (Å²) in [4.78, 5) is 15.5. The fourth-order valence-corrected chi connectivity index (χ4v) is 2.91. The molecule has 1 aliphatic rings. The minimum atomic E-state index is -4.47. The first kappa shape index (κ1) is 16.9. The molecule has 0 radical (unpaired) electrons. The van der Waals surface area contributed by atoms with E-state index >= 15 is 0 Å². The SMILES string of the molecule is CO[C@H](C)C(=O)N1CCCN(c2nnc(C(F)(F)F)s2)CC1. The average Bonchev–Trinajstić information content (AvgIpc) is 2.85. The molecule has 6 nitrogen and oxygen atoms in total. The normalized spacial score (nSPS) is 18.2. The fourth-order valence-electron chi connectivity index (χ4n) is 2.14. The summed E-state index contributed by atoms with van der Waals surface area (Å²) in [5, 5.41) is 6.09. The van der Waals surface area contributed by atoms with E-state index in [-0.39, 0.29) is 11.0 Å². The Hall–Kier alpha value is -1.42. The van der Waals surface area contributed by atoms with E-state index in [0.717, 1.165) is 0 Å². The van der Waals surface area contributed by atoms with Crippen LogP contribution in [0.3, 0.4) is 0 Å². The molecule has 2 heterocycles. The molecule has 0 bridgehead atoms. The molecule has 1 saturated heterocycles. The molecule has 1 aromatic rings. The van der Waals surface area contributed by atoms with E-state index in [1.165, 1.54) is 7.11 Å². The lowest BCUT2D eigenvalue weighted by atomic mass is 10.3. The van der Waals surface area contributed by atoms with Gasteiger partial charge in [0.15, 0.2) is 0 Å². The largest absolute Gasteiger partial charge is 0.445 e. The van der Waals surface area contributed by atoms with Crippen LogP contribution in [0.1, 0.15) is 18.4 Å². The van der Waals surface area contributed by atoms with Gasteiger partial charge < -0.3 is 14.5 Å². The number of aromatic nitrogens is 2. The van der Waals surface area contributed by atoms with Crippen molar-refractivity contribution in [3.05, 3.63) is 5.01 Å². The molecule has 1 fully saturated rings. The molecule has 10 heteroatoms. The number of alkyl halides is 3. The monoisotopic (exact) mass is 338 g/mol. The van der Waals surface area contributed by atoms with Gasteiger partial charge in [-0.2, -0.15) is 13.2 Å². The molecule has 0 aliphatic carbocycles. The zero-order valence-corrected chi connectivity index (χ0v) is 13.1.